The van der Waals surface area contributed by atoms with Crippen LogP contribution in [0.4, 0.5) is 5.69 Å². The van der Waals surface area contributed by atoms with Crippen LogP contribution in [-0.2, 0) is 4.79 Å². The largest absolute Gasteiger partial charge is 0.493 e. The molecule has 29 heavy (non-hydrogen) atoms. The maximum Gasteiger partial charge on any atom is 0.277 e. The molecule has 1 heterocycles. The number of nitrogens with one attached hydrogen (secondary N) is 1. The quantitative estimate of drug-likeness (QED) is 0.527. The van der Waals surface area contributed by atoms with Crippen LogP contribution in [0.2, 0.25) is 5.02 Å². The Hall–Kier alpha value is -2.91. The smallest absolute Gasteiger partial charge is 0.277 e. The van der Waals surface area contributed by atoms with Gasteiger partial charge in [-0.05, 0) is 30.3 Å². The summed E-state index contributed by atoms with van der Waals surface area (Å²) in [6, 6.07) is 10.3. The number of hydrogen-bond donors (Lipinski definition) is 1. The minimum absolute atomic E-state index is 0.101. The van der Waals surface area contributed by atoms with Gasteiger partial charge in [0.1, 0.15) is 0 Å². The molecule has 152 valence electrons. The van der Waals surface area contributed by atoms with Gasteiger partial charge in [-0.25, -0.2) is 0 Å². The molecule has 0 bridgehead atoms. The lowest BCUT2D eigenvalue weighted by atomic mass is 10.2. The zero-order valence-corrected chi connectivity index (χ0v) is 17.5. The van der Waals surface area contributed by atoms with Crippen LogP contribution >= 0.6 is 23.4 Å². The third kappa shape index (κ3) is 5.12. The van der Waals surface area contributed by atoms with Crippen molar-refractivity contribution in [3.05, 3.63) is 41.4 Å². The van der Waals surface area contributed by atoms with E-state index in [9.17, 15) is 4.79 Å². The molecule has 0 spiro atoms. The topological polar surface area (TPSA) is 95.7 Å². The second-order valence-electron chi connectivity index (χ2n) is 5.63. The number of hydrogen-bond acceptors (Lipinski definition) is 8. The van der Waals surface area contributed by atoms with Crippen molar-refractivity contribution in [2.75, 3.05) is 32.4 Å². The van der Waals surface area contributed by atoms with Crippen molar-refractivity contribution in [2.24, 2.45) is 0 Å². The molecule has 1 aromatic heterocycles. The molecular formula is C19H18ClN3O5S. The molecule has 0 aliphatic heterocycles. The highest BCUT2D eigenvalue weighted by Gasteiger charge is 2.18. The SMILES string of the molecule is COc1cc(-c2nnc(SCC(=O)Nc3cccc(Cl)c3)o2)cc(OC)c1OC. The molecule has 0 saturated carbocycles. The van der Waals surface area contributed by atoms with E-state index in [1.54, 1.807) is 36.4 Å². The van der Waals surface area contributed by atoms with E-state index in [4.69, 9.17) is 30.2 Å². The van der Waals surface area contributed by atoms with Gasteiger partial charge < -0.3 is 23.9 Å². The van der Waals surface area contributed by atoms with E-state index >= 15 is 0 Å². The normalized spacial score (nSPS) is 10.5. The molecule has 0 aliphatic rings. The molecule has 1 amide bonds. The number of methoxy groups -OCH3 is 3. The lowest BCUT2D eigenvalue weighted by Gasteiger charge is -2.12. The molecule has 3 aromatic rings. The summed E-state index contributed by atoms with van der Waals surface area (Å²) in [5.74, 6) is 1.55. The Morgan fingerprint density at radius 1 is 1.10 bits per heavy atom. The number of ether oxygens (including phenoxy) is 3. The van der Waals surface area contributed by atoms with Crippen LogP contribution in [-0.4, -0.2) is 43.2 Å². The van der Waals surface area contributed by atoms with E-state index in [0.717, 1.165) is 11.8 Å². The van der Waals surface area contributed by atoms with Crippen LogP contribution in [0.3, 0.4) is 0 Å². The van der Waals surface area contributed by atoms with E-state index in [1.165, 1.54) is 21.3 Å². The van der Waals surface area contributed by atoms with E-state index in [-0.39, 0.29) is 22.8 Å². The fourth-order valence-electron chi connectivity index (χ4n) is 2.48. The third-order valence-corrected chi connectivity index (χ3v) is 4.81. The van der Waals surface area contributed by atoms with Gasteiger partial charge in [-0.3, -0.25) is 4.79 Å². The summed E-state index contributed by atoms with van der Waals surface area (Å²) in [7, 11) is 4.57. The van der Waals surface area contributed by atoms with Crippen LogP contribution in [0.15, 0.2) is 46.0 Å². The van der Waals surface area contributed by atoms with Gasteiger partial charge in [-0.1, -0.05) is 29.4 Å². The Bertz CT molecular complexity index is 986. The van der Waals surface area contributed by atoms with Crippen LogP contribution in [0.25, 0.3) is 11.5 Å². The van der Waals surface area contributed by atoms with E-state index in [0.29, 0.717) is 33.5 Å². The summed E-state index contributed by atoms with van der Waals surface area (Å²) in [4.78, 5) is 12.1. The molecule has 0 radical (unpaired) electrons. The van der Waals surface area contributed by atoms with E-state index in [2.05, 4.69) is 15.5 Å². The molecule has 3 rings (SSSR count). The van der Waals surface area contributed by atoms with Gasteiger partial charge in [-0.15, -0.1) is 10.2 Å². The van der Waals surface area contributed by atoms with Gasteiger partial charge in [0.15, 0.2) is 11.5 Å². The highest BCUT2D eigenvalue weighted by atomic mass is 35.5. The minimum atomic E-state index is -0.218. The first-order valence-electron chi connectivity index (χ1n) is 8.36. The predicted octanol–water partition coefficient (Wildman–Crippen LogP) is 4.15. The van der Waals surface area contributed by atoms with Crippen LogP contribution in [0, 0.1) is 0 Å². The third-order valence-electron chi connectivity index (χ3n) is 3.75. The highest BCUT2D eigenvalue weighted by molar-refractivity contribution is 7.99. The van der Waals surface area contributed by atoms with Crippen molar-refractivity contribution in [1.82, 2.24) is 10.2 Å². The fraction of sp³-hybridized carbons (Fsp3) is 0.211. The minimum Gasteiger partial charge on any atom is -0.493 e. The van der Waals surface area contributed by atoms with Crippen LogP contribution in [0.5, 0.6) is 17.2 Å². The summed E-state index contributed by atoms with van der Waals surface area (Å²) < 4.78 is 21.6. The fourth-order valence-corrected chi connectivity index (χ4v) is 3.23. The van der Waals surface area contributed by atoms with Crippen molar-refractivity contribution in [1.29, 1.82) is 0 Å². The Morgan fingerprint density at radius 2 is 1.83 bits per heavy atom. The summed E-state index contributed by atoms with van der Waals surface area (Å²) in [6.45, 7) is 0. The second-order valence-corrected chi connectivity index (χ2v) is 7.00. The van der Waals surface area contributed by atoms with Crippen LogP contribution < -0.4 is 19.5 Å². The number of halogens is 1. The zero-order valence-electron chi connectivity index (χ0n) is 15.9. The highest BCUT2D eigenvalue weighted by Crippen LogP contribution is 2.41. The molecule has 10 heteroatoms. The molecule has 2 aromatic carbocycles. The van der Waals surface area contributed by atoms with Crippen molar-refractivity contribution in [3.8, 4) is 28.7 Å². The Labute approximate surface area is 176 Å². The van der Waals surface area contributed by atoms with E-state index in [1.807, 2.05) is 0 Å². The average Bonchev–Trinajstić information content (AvgIpc) is 3.20. The number of anilines is 1. The molecule has 0 saturated heterocycles. The number of thioether (sulfide) groups is 1. The van der Waals surface area contributed by atoms with Gasteiger partial charge in [0.2, 0.25) is 17.5 Å². The lowest BCUT2D eigenvalue weighted by Crippen LogP contribution is -2.13. The number of benzene rings is 2. The van der Waals surface area contributed by atoms with Gasteiger partial charge in [-0.2, -0.15) is 0 Å². The molecule has 0 unspecified atom stereocenters. The van der Waals surface area contributed by atoms with Crippen molar-refractivity contribution in [3.63, 3.8) is 0 Å². The van der Waals surface area contributed by atoms with E-state index < -0.39 is 0 Å². The summed E-state index contributed by atoms with van der Waals surface area (Å²) in [6.07, 6.45) is 0. The Morgan fingerprint density at radius 3 is 2.45 bits per heavy atom. The number of aromatic nitrogens is 2. The molecule has 0 aliphatic carbocycles. The molecular weight excluding hydrogens is 418 g/mol. The summed E-state index contributed by atoms with van der Waals surface area (Å²) >= 11 is 7.03. The number of amides is 1. The average molecular weight is 436 g/mol. The first kappa shape index (κ1) is 20.8. The first-order valence-corrected chi connectivity index (χ1v) is 9.72. The lowest BCUT2D eigenvalue weighted by molar-refractivity contribution is -0.113. The maximum absolute atomic E-state index is 12.1. The standard InChI is InChI=1S/C19H18ClN3O5S/c1-25-14-7-11(8-15(26-2)17(14)27-3)18-22-23-19(28-18)29-10-16(24)21-13-6-4-5-12(20)9-13/h4-9H,10H2,1-3H3,(H,21,24). The Kier molecular flexibility index (Phi) is 6.84. The second kappa shape index (κ2) is 9.53. The predicted molar refractivity (Wildman–Crippen MR) is 110 cm³/mol. The summed E-state index contributed by atoms with van der Waals surface area (Å²) in [5, 5.41) is 11.6. The van der Waals surface area contributed by atoms with Crippen LogP contribution in [0.1, 0.15) is 0 Å². The maximum atomic E-state index is 12.1. The van der Waals surface area contributed by atoms with Crippen molar-refractivity contribution in [2.45, 2.75) is 5.22 Å². The first-order chi connectivity index (χ1) is 14.0. The van der Waals surface area contributed by atoms with Gasteiger partial charge in [0, 0.05) is 16.3 Å². The summed E-state index contributed by atoms with van der Waals surface area (Å²) in [5.41, 5.74) is 1.22. The van der Waals surface area contributed by atoms with Gasteiger partial charge >= 0.3 is 0 Å². The molecule has 1 N–H and O–H groups in total. The molecule has 0 fully saturated rings. The van der Waals surface area contributed by atoms with Gasteiger partial charge in [0.25, 0.3) is 5.22 Å². The van der Waals surface area contributed by atoms with Gasteiger partial charge in [0.05, 0.1) is 27.1 Å². The molecule has 8 nitrogen and oxygen atoms in total. The molecule has 0 atom stereocenters. The Balaban J connectivity index is 1.68. The zero-order chi connectivity index (χ0) is 20.8. The van der Waals surface area contributed by atoms with Crippen molar-refractivity contribution < 1.29 is 23.4 Å². The number of carbonyl (C=O) groups excluding carboxylic acids is 1. The monoisotopic (exact) mass is 435 g/mol. The van der Waals surface area contributed by atoms with Crippen molar-refractivity contribution >= 4 is 35.0 Å². The number of nitrogens with zero attached hydrogens (tertiary/aromatic N) is 2. The number of carbonyl (C=O) groups is 1. The number of rotatable bonds is 8.